The topological polar surface area (TPSA) is 67.2 Å². The zero-order valence-electron chi connectivity index (χ0n) is 17.9. The fraction of sp³-hybridized carbons (Fsp3) is 0.292. The molecule has 6 nitrogen and oxygen atoms in total. The van der Waals surface area contributed by atoms with E-state index in [1.807, 2.05) is 49.4 Å². The Labute approximate surface area is 186 Å². The van der Waals surface area contributed by atoms with Crippen molar-refractivity contribution in [2.24, 2.45) is 0 Å². The van der Waals surface area contributed by atoms with Gasteiger partial charge in [0.05, 0.1) is 17.8 Å². The minimum atomic E-state index is -0.295. The average molecular weight is 437 g/mol. The zero-order valence-corrected chi connectivity index (χ0v) is 18.7. The summed E-state index contributed by atoms with van der Waals surface area (Å²) in [5, 5.41) is 7.72. The lowest BCUT2D eigenvalue weighted by Gasteiger charge is -2.29. The number of fused-ring (bicyclic) bond motifs is 1. The summed E-state index contributed by atoms with van der Waals surface area (Å²) < 4.78 is 1.65. The highest BCUT2D eigenvalue weighted by Crippen LogP contribution is 2.30. The van der Waals surface area contributed by atoms with Crippen LogP contribution in [0.4, 0.5) is 11.4 Å². The highest BCUT2D eigenvalue weighted by molar-refractivity contribution is 6.33. The van der Waals surface area contributed by atoms with E-state index < -0.39 is 0 Å². The molecule has 0 radical (unpaired) electrons. The number of nitrogens with one attached hydrogen (secondary N) is 1. The molecule has 2 aromatic carbocycles. The molecule has 2 heterocycles. The van der Waals surface area contributed by atoms with Crippen LogP contribution in [0.15, 0.2) is 42.5 Å². The van der Waals surface area contributed by atoms with Crippen LogP contribution < -0.4 is 10.2 Å². The average Bonchev–Trinajstić information content (AvgIpc) is 3.02. The molecule has 3 aromatic rings. The number of hydrogen-bond acceptors (Lipinski definition) is 3. The van der Waals surface area contributed by atoms with Gasteiger partial charge in [-0.1, -0.05) is 41.4 Å². The summed E-state index contributed by atoms with van der Waals surface area (Å²) in [5.41, 5.74) is 5.84. The maximum absolute atomic E-state index is 13.0. The second kappa shape index (κ2) is 8.55. The molecule has 1 aliphatic heterocycles. The number of nitrogens with zero attached hydrogens (tertiary/aromatic N) is 3. The first-order valence-electron chi connectivity index (χ1n) is 10.3. The van der Waals surface area contributed by atoms with Gasteiger partial charge in [0, 0.05) is 24.8 Å². The van der Waals surface area contributed by atoms with E-state index in [1.165, 1.54) is 5.56 Å². The van der Waals surface area contributed by atoms with Crippen molar-refractivity contribution in [2.75, 3.05) is 16.8 Å². The molecule has 31 heavy (non-hydrogen) atoms. The molecule has 1 aliphatic rings. The van der Waals surface area contributed by atoms with E-state index >= 15 is 0 Å². The number of rotatable bonds is 4. The van der Waals surface area contributed by atoms with Gasteiger partial charge in [0.15, 0.2) is 0 Å². The molecule has 1 aromatic heterocycles. The van der Waals surface area contributed by atoms with Gasteiger partial charge in [-0.05, 0) is 56.0 Å². The standard InChI is InChI=1S/C24H25ClN4O2/c1-15-6-8-18(9-7-15)14-29-23(25)22(16(2)27-29)24(31)26-20-10-11-21-19(13-20)5-4-12-28(21)17(3)30/h6-11,13H,4-5,12,14H2,1-3H3,(H,26,31). The number of aromatic nitrogens is 2. The van der Waals surface area contributed by atoms with Crippen LogP contribution in [0.3, 0.4) is 0 Å². The number of halogens is 1. The largest absolute Gasteiger partial charge is 0.322 e. The molecular weight excluding hydrogens is 412 g/mol. The summed E-state index contributed by atoms with van der Waals surface area (Å²) >= 11 is 6.54. The third kappa shape index (κ3) is 4.35. The van der Waals surface area contributed by atoms with Gasteiger partial charge in [0.25, 0.3) is 5.91 Å². The highest BCUT2D eigenvalue weighted by atomic mass is 35.5. The van der Waals surface area contributed by atoms with Crippen molar-refractivity contribution in [1.82, 2.24) is 9.78 Å². The second-order valence-corrected chi connectivity index (χ2v) is 8.32. The van der Waals surface area contributed by atoms with Crippen LogP contribution >= 0.6 is 11.6 Å². The van der Waals surface area contributed by atoms with Crippen LogP contribution in [0.2, 0.25) is 5.15 Å². The van der Waals surface area contributed by atoms with E-state index in [0.29, 0.717) is 28.6 Å². The number of aryl methyl sites for hydroxylation is 3. The van der Waals surface area contributed by atoms with Gasteiger partial charge >= 0.3 is 0 Å². The van der Waals surface area contributed by atoms with E-state index in [9.17, 15) is 9.59 Å². The predicted molar refractivity (Wildman–Crippen MR) is 123 cm³/mol. The minimum Gasteiger partial charge on any atom is -0.322 e. The Hall–Kier alpha value is -3.12. The van der Waals surface area contributed by atoms with Crippen LogP contribution in [0.1, 0.15) is 46.1 Å². The molecule has 1 N–H and O–H groups in total. The fourth-order valence-electron chi connectivity index (χ4n) is 3.98. The van der Waals surface area contributed by atoms with Crippen molar-refractivity contribution in [2.45, 2.75) is 40.2 Å². The van der Waals surface area contributed by atoms with Gasteiger partial charge in [-0.15, -0.1) is 0 Å². The quantitative estimate of drug-likeness (QED) is 0.641. The van der Waals surface area contributed by atoms with Gasteiger partial charge in [0.1, 0.15) is 5.15 Å². The van der Waals surface area contributed by atoms with E-state index in [1.54, 1.807) is 23.4 Å². The van der Waals surface area contributed by atoms with Crippen molar-refractivity contribution in [3.8, 4) is 0 Å². The minimum absolute atomic E-state index is 0.0288. The third-order valence-corrected chi connectivity index (χ3v) is 5.97. The summed E-state index contributed by atoms with van der Waals surface area (Å²) in [7, 11) is 0. The number of carbonyl (C=O) groups excluding carboxylic acids is 2. The second-order valence-electron chi connectivity index (χ2n) is 7.97. The van der Waals surface area contributed by atoms with Crippen LogP contribution in [0.5, 0.6) is 0 Å². The maximum Gasteiger partial charge on any atom is 0.260 e. The molecule has 0 saturated heterocycles. The molecule has 7 heteroatoms. The Morgan fingerprint density at radius 3 is 2.58 bits per heavy atom. The molecule has 0 unspecified atom stereocenters. The monoisotopic (exact) mass is 436 g/mol. The van der Waals surface area contributed by atoms with Crippen molar-refractivity contribution in [3.63, 3.8) is 0 Å². The Kier molecular flexibility index (Phi) is 5.83. The maximum atomic E-state index is 13.0. The first kappa shape index (κ1) is 21.1. The highest BCUT2D eigenvalue weighted by Gasteiger charge is 2.23. The number of benzene rings is 2. The molecule has 0 saturated carbocycles. The summed E-state index contributed by atoms with van der Waals surface area (Å²) in [4.78, 5) is 26.6. The summed E-state index contributed by atoms with van der Waals surface area (Å²) in [5.74, 6) is -0.266. The van der Waals surface area contributed by atoms with Crippen LogP contribution in [-0.2, 0) is 17.8 Å². The molecule has 0 bridgehead atoms. The SMILES string of the molecule is CC(=O)N1CCCc2cc(NC(=O)c3c(C)nn(Cc4ccc(C)cc4)c3Cl)ccc21. The Morgan fingerprint density at radius 1 is 1.13 bits per heavy atom. The molecule has 0 aliphatic carbocycles. The third-order valence-electron chi connectivity index (χ3n) is 5.58. The number of anilines is 2. The van der Waals surface area contributed by atoms with Crippen molar-refractivity contribution in [1.29, 1.82) is 0 Å². The molecule has 2 amide bonds. The van der Waals surface area contributed by atoms with Crippen molar-refractivity contribution < 1.29 is 9.59 Å². The normalized spacial score (nSPS) is 13.1. The summed E-state index contributed by atoms with van der Waals surface area (Å²) in [6.07, 6.45) is 1.78. The molecule has 0 fully saturated rings. The van der Waals surface area contributed by atoms with E-state index in [-0.39, 0.29) is 11.8 Å². The van der Waals surface area contributed by atoms with E-state index in [0.717, 1.165) is 36.2 Å². The molecule has 4 rings (SSSR count). The lowest BCUT2D eigenvalue weighted by molar-refractivity contribution is -0.116. The number of amides is 2. The first-order chi connectivity index (χ1) is 14.8. The lowest BCUT2D eigenvalue weighted by Crippen LogP contribution is -2.33. The zero-order chi connectivity index (χ0) is 22.1. The van der Waals surface area contributed by atoms with Crippen molar-refractivity contribution in [3.05, 3.63) is 75.6 Å². The van der Waals surface area contributed by atoms with Crippen LogP contribution in [0.25, 0.3) is 0 Å². The van der Waals surface area contributed by atoms with Gasteiger partial charge in [-0.3, -0.25) is 9.59 Å². The smallest absolute Gasteiger partial charge is 0.260 e. The Morgan fingerprint density at radius 2 is 1.87 bits per heavy atom. The Bertz CT molecular complexity index is 1150. The number of hydrogen-bond donors (Lipinski definition) is 1. The summed E-state index contributed by atoms with van der Waals surface area (Å²) in [6, 6.07) is 13.8. The van der Waals surface area contributed by atoms with Crippen molar-refractivity contribution >= 4 is 34.8 Å². The number of carbonyl (C=O) groups is 2. The Balaban J connectivity index is 1.54. The van der Waals surface area contributed by atoms with Gasteiger partial charge in [-0.2, -0.15) is 5.10 Å². The van der Waals surface area contributed by atoms with E-state index in [2.05, 4.69) is 10.4 Å². The molecule has 160 valence electrons. The van der Waals surface area contributed by atoms with Gasteiger partial charge in [0.2, 0.25) is 5.91 Å². The van der Waals surface area contributed by atoms with Crippen LogP contribution in [0, 0.1) is 13.8 Å². The summed E-state index contributed by atoms with van der Waals surface area (Å²) in [6.45, 7) is 6.61. The first-order valence-corrected chi connectivity index (χ1v) is 10.7. The lowest BCUT2D eigenvalue weighted by atomic mass is 10.0. The molecular formula is C24H25ClN4O2. The predicted octanol–water partition coefficient (Wildman–Crippen LogP) is 4.75. The fourth-order valence-corrected chi connectivity index (χ4v) is 4.30. The molecule has 0 atom stereocenters. The molecule has 0 spiro atoms. The van der Waals surface area contributed by atoms with Crippen LogP contribution in [-0.4, -0.2) is 28.1 Å². The van der Waals surface area contributed by atoms with Gasteiger partial charge < -0.3 is 10.2 Å². The van der Waals surface area contributed by atoms with Gasteiger partial charge in [-0.25, -0.2) is 4.68 Å². The van der Waals surface area contributed by atoms with E-state index in [4.69, 9.17) is 11.6 Å².